The number of nitro benzene ring substituents is 1. The second kappa shape index (κ2) is 4.48. The first-order valence-corrected chi connectivity index (χ1v) is 4.08. The normalized spacial score (nSPS) is 12.1. The van der Waals surface area contributed by atoms with Crippen molar-refractivity contribution >= 4 is 12.0 Å². The Labute approximate surface area is 80.7 Å². The maximum absolute atomic E-state index is 10.3. The number of carbonyl (C=O) groups excluding carboxylic acids is 1. The quantitative estimate of drug-likeness (QED) is 0.443. The molecule has 0 fully saturated rings. The number of hydrogen-bond acceptors (Lipinski definition) is 4. The smallest absolute Gasteiger partial charge is 0.269 e. The Kier molecular flexibility index (Phi) is 3.30. The number of rotatable bonds is 4. The van der Waals surface area contributed by atoms with Crippen molar-refractivity contribution < 1.29 is 9.72 Å². The van der Waals surface area contributed by atoms with Crippen LogP contribution in [0.2, 0.25) is 0 Å². The van der Waals surface area contributed by atoms with Crippen LogP contribution in [0, 0.1) is 10.1 Å². The van der Waals surface area contributed by atoms with E-state index in [1.807, 2.05) is 0 Å². The van der Waals surface area contributed by atoms with Crippen LogP contribution in [-0.2, 0) is 4.79 Å². The minimum Gasteiger partial charge on any atom is -0.324 e. The number of benzene rings is 1. The molecule has 0 aliphatic carbocycles. The van der Waals surface area contributed by atoms with Crippen LogP contribution in [-0.4, -0.2) is 11.2 Å². The molecule has 5 heteroatoms. The van der Waals surface area contributed by atoms with Gasteiger partial charge in [-0.2, -0.15) is 0 Å². The van der Waals surface area contributed by atoms with E-state index in [9.17, 15) is 14.9 Å². The van der Waals surface area contributed by atoms with Crippen LogP contribution in [0.4, 0.5) is 5.69 Å². The number of aldehydes is 1. The van der Waals surface area contributed by atoms with Crippen LogP contribution in [0.25, 0.3) is 0 Å². The van der Waals surface area contributed by atoms with Crippen molar-refractivity contribution in [3.05, 3.63) is 39.9 Å². The van der Waals surface area contributed by atoms with Gasteiger partial charge in [0, 0.05) is 24.6 Å². The molecule has 0 amide bonds. The lowest BCUT2D eigenvalue weighted by Gasteiger charge is -2.06. The predicted molar refractivity (Wildman–Crippen MR) is 50.7 cm³/mol. The molecule has 1 aromatic carbocycles. The van der Waals surface area contributed by atoms with Crippen LogP contribution in [0.1, 0.15) is 18.0 Å². The Morgan fingerprint density at radius 1 is 1.43 bits per heavy atom. The van der Waals surface area contributed by atoms with E-state index in [1.165, 1.54) is 12.1 Å². The fraction of sp³-hybridized carbons (Fsp3) is 0.222. The number of nitro groups is 1. The molecule has 0 aromatic heterocycles. The molecule has 0 saturated heterocycles. The van der Waals surface area contributed by atoms with Crippen LogP contribution >= 0.6 is 0 Å². The van der Waals surface area contributed by atoms with E-state index in [4.69, 9.17) is 5.73 Å². The Hall–Kier alpha value is -1.75. The van der Waals surface area contributed by atoms with Crippen molar-refractivity contribution in [3.8, 4) is 0 Å². The predicted octanol–water partition coefficient (Wildman–Crippen LogP) is 1.18. The second-order valence-electron chi connectivity index (χ2n) is 2.86. The molecule has 0 spiro atoms. The minimum atomic E-state index is -0.477. The first kappa shape index (κ1) is 10.3. The van der Waals surface area contributed by atoms with E-state index < -0.39 is 4.92 Å². The van der Waals surface area contributed by atoms with Crippen molar-refractivity contribution in [2.75, 3.05) is 0 Å². The molecule has 0 radical (unpaired) electrons. The average Bonchev–Trinajstić information content (AvgIpc) is 2.18. The molecule has 5 nitrogen and oxygen atoms in total. The Morgan fingerprint density at radius 3 is 2.43 bits per heavy atom. The summed E-state index contributed by atoms with van der Waals surface area (Å²) in [6, 6.07) is 5.49. The molecule has 1 aromatic rings. The fourth-order valence-corrected chi connectivity index (χ4v) is 1.08. The van der Waals surface area contributed by atoms with Crippen molar-refractivity contribution in [3.63, 3.8) is 0 Å². The third-order valence-corrected chi connectivity index (χ3v) is 1.88. The summed E-state index contributed by atoms with van der Waals surface area (Å²) in [5.74, 6) is 0. The highest BCUT2D eigenvalue weighted by molar-refractivity contribution is 5.51. The van der Waals surface area contributed by atoms with Crippen molar-refractivity contribution in [1.29, 1.82) is 0 Å². The minimum absolute atomic E-state index is 0.0204. The van der Waals surface area contributed by atoms with Crippen LogP contribution in [0.3, 0.4) is 0 Å². The molecular weight excluding hydrogens is 184 g/mol. The van der Waals surface area contributed by atoms with E-state index in [2.05, 4.69) is 0 Å². The molecule has 0 saturated carbocycles. The zero-order chi connectivity index (χ0) is 10.6. The maximum Gasteiger partial charge on any atom is 0.269 e. The standard InChI is InChI=1S/C9H10N2O3/c10-9(5-6-12)7-1-3-8(4-2-7)11(13)14/h1-4,6,9H,5,10H2. The SMILES string of the molecule is NC(CC=O)c1ccc([N+](=O)[O-])cc1. The highest BCUT2D eigenvalue weighted by atomic mass is 16.6. The molecule has 0 bridgehead atoms. The lowest BCUT2D eigenvalue weighted by Crippen LogP contribution is -2.10. The second-order valence-corrected chi connectivity index (χ2v) is 2.86. The lowest BCUT2D eigenvalue weighted by molar-refractivity contribution is -0.384. The molecule has 0 aliphatic rings. The first-order chi connectivity index (χ1) is 6.65. The van der Waals surface area contributed by atoms with Gasteiger partial charge in [-0.15, -0.1) is 0 Å². The lowest BCUT2D eigenvalue weighted by atomic mass is 10.1. The van der Waals surface area contributed by atoms with E-state index in [1.54, 1.807) is 12.1 Å². The Bertz CT molecular complexity index is 334. The van der Waals surface area contributed by atoms with Gasteiger partial charge in [-0.1, -0.05) is 12.1 Å². The van der Waals surface area contributed by atoms with Crippen molar-refractivity contribution in [2.45, 2.75) is 12.5 Å². The maximum atomic E-state index is 10.3. The van der Waals surface area contributed by atoms with Gasteiger partial charge in [0.15, 0.2) is 0 Å². The van der Waals surface area contributed by atoms with E-state index in [0.29, 0.717) is 0 Å². The molecule has 1 unspecified atom stereocenters. The summed E-state index contributed by atoms with van der Waals surface area (Å²) in [6.07, 6.45) is 0.948. The zero-order valence-electron chi connectivity index (χ0n) is 7.42. The molecule has 2 N–H and O–H groups in total. The first-order valence-electron chi connectivity index (χ1n) is 4.08. The average molecular weight is 194 g/mol. The summed E-state index contributed by atoms with van der Waals surface area (Å²) in [5.41, 5.74) is 6.38. The number of non-ortho nitro benzene ring substituents is 1. The van der Waals surface area contributed by atoms with E-state index in [-0.39, 0.29) is 18.2 Å². The van der Waals surface area contributed by atoms with Gasteiger partial charge in [-0.05, 0) is 5.56 Å². The highest BCUT2D eigenvalue weighted by Gasteiger charge is 2.08. The van der Waals surface area contributed by atoms with Crippen molar-refractivity contribution in [1.82, 2.24) is 0 Å². The molecule has 1 rings (SSSR count). The van der Waals surface area contributed by atoms with Gasteiger partial charge in [0.1, 0.15) is 6.29 Å². The zero-order valence-corrected chi connectivity index (χ0v) is 7.42. The highest BCUT2D eigenvalue weighted by Crippen LogP contribution is 2.17. The molecule has 0 aliphatic heterocycles. The fourth-order valence-electron chi connectivity index (χ4n) is 1.08. The Balaban J connectivity index is 2.82. The van der Waals surface area contributed by atoms with Gasteiger partial charge in [0.2, 0.25) is 0 Å². The van der Waals surface area contributed by atoms with Gasteiger partial charge in [0.25, 0.3) is 5.69 Å². The van der Waals surface area contributed by atoms with Gasteiger partial charge in [0.05, 0.1) is 4.92 Å². The molecule has 74 valence electrons. The van der Waals surface area contributed by atoms with E-state index in [0.717, 1.165) is 11.8 Å². The summed E-state index contributed by atoms with van der Waals surface area (Å²) >= 11 is 0. The third kappa shape index (κ3) is 2.37. The van der Waals surface area contributed by atoms with Crippen LogP contribution in [0.5, 0.6) is 0 Å². The number of nitrogens with zero attached hydrogens (tertiary/aromatic N) is 1. The van der Waals surface area contributed by atoms with E-state index >= 15 is 0 Å². The van der Waals surface area contributed by atoms with Crippen LogP contribution in [0.15, 0.2) is 24.3 Å². The summed E-state index contributed by atoms with van der Waals surface area (Å²) in [6.45, 7) is 0. The molecular formula is C9H10N2O3. The third-order valence-electron chi connectivity index (χ3n) is 1.88. The summed E-state index contributed by atoms with van der Waals surface area (Å²) in [5, 5.41) is 10.3. The number of hydrogen-bond donors (Lipinski definition) is 1. The topological polar surface area (TPSA) is 86.2 Å². The number of nitrogens with two attached hydrogens (primary N) is 1. The van der Waals surface area contributed by atoms with Crippen molar-refractivity contribution in [2.24, 2.45) is 5.73 Å². The van der Waals surface area contributed by atoms with Gasteiger partial charge in [-0.3, -0.25) is 10.1 Å². The molecule has 0 heterocycles. The van der Waals surface area contributed by atoms with Gasteiger partial charge >= 0.3 is 0 Å². The van der Waals surface area contributed by atoms with Gasteiger partial charge in [-0.25, -0.2) is 0 Å². The summed E-state index contributed by atoms with van der Waals surface area (Å²) in [7, 11) is 0. The summed E-state index contributed by atoms with van der Waals surface area (Å²) in [4.78, 5) is 20.0. The number of carbonyl (C=O) groups is 1. The molecule has 14 heavy (non-hydrogen) atoms. The largest absolute Gasteiger partial charge is 0.324 e. The monoisotopic (exact) mass is 194 g/mol. The molecule has 1 atom stereocenters. The summed E-state index contributed by atoms with van der Waals surface area (Å²) < 4.78 is 0. The van der Waals surface area contributed by atoms with Gasteiger partial charge < -0.3 is 10.5 Å². The van der Waals surface area contributed by atoms with Crippen LogP contribution < -0.4 is 5.73 Å². The Morgan fingerprint density at radius 2 is 2.00 bits per heavy atom.